The molecule has 0 saturated carbocycles. The lowest BCUT2D eigenvalue weighted by Crippen LogP contribution is -2.27. The second-order valence-electron chi connectivity index (χ2n) is 5.89. The van der Waals surface area contributed by atoms with E-state index in [0.717, 1.165) is 5.57 Å². The third-order valence-electron chi connectivity index (χ3n) is 2.27. The van der Waals surface area contributed by atoms with Crippen LogP contribution in [-0.4, -0.2) is 24.0 Å². The van der Waals surface area contributed by atoms with Crippen molar-refractivity contribution >= 4 is 5.78 Å². The van der Waals surface area contributed by atoms with E-state index in [0.29, 0.717) is 0 Å². The van der Waals surface area contributed by atoms with Crippen LogP contribution in [0.1, 0.15) is 41.5 Å². The van der Waals surface area contributed by atoms with Gasteiger partial charge in [0.15, 0.2) is 5.78 Å². The number of aliphatic hydroxyl groups excluding tert-OH is 1. The Bertz CT molecular complexity index is 205. The third-order valence-corrected chi connectivity index (χ3v) is 2.27. The number of rotatable bonds is 2. The lowest BCUT2D eigenvalue weighted by molar-refractivity contribution is -0.124. The predicted molar refractivity (Wildman–Crippen MR) is 69.2 cm³/mol. The number of hydrogen-bond donors (Lipinski definition) is 2. The molecule has 0 aliphatic rings. The number of carbonyl (C=O) groups is 1. The van der Waals surface area contributed by atoms with Gasteiger partial charge in [-0.15, -0.1) is 0 Å². The Labute approximate surface area is 99.7 Å². The number of aliphatic hydroxyl groups is 1. The smallest absolute Gasteiger partial charge is 0.151 e. The van der Waals surface area contributed by atoms with Gasteiger partial charge >= 0.3 is 0 Å². The first kappa shape index (κ1) is 17.7. The SMILES string of the molecule is C=C(CO)C(C)(C)C.CC(C)(C)C(=O)CN. The molecule has 0 fully saturated rings. The number of ketones is 1. The maximum absolute atomic E-state index is 10.7. The summed E-state index contributed by atoms with van der Waals surface area (Å²) >= 11 is 0. The number of Topliss-reactive ketones (excluding diaryl/α,β-unsaturated/α-hetero) is 1. The van der Waals surface area contributed by atoms with Gasteiger partial charge in [-0.2, -0.15) is 0 Å². The zero-order valence-electron chi connectivity index (χ0n) is 11.6. The van der Waals surface area contributed by atoms with E-state index in [1.165, 1.54) is 0 Å². The van der Waals surface area contributed by atoms with Crippen molar-refractivity contribution < 1.29 is 9.90 Å². The maximum Gasteiger partial charge on any atom is 0.151 e. The van der Waals surface area contributed by atoms with Gasteiger partial charge in [-0.3, -0.25) is 4.79 Å². The molecule has 0 unspecified atom stereocenters. The summed E-state index contributed by atoms with van der Waals surface area (Å²) in [6, 6.07) is 0. The molecule has 0 aromatic rings. The molecular formula is C13H27NO2. The van der Waals surface area contributed by atoms with Crippen molar-refractivity contribution in [3.05, 3.63) is 12.2 Å². The highest BCUT2D eigenvalue weighted by Gasteiger charge is 2.18. The Morgan fingerprint density at radius 3 is 1.50 bits per heavy atom. The maximum atomic E-state index is 10.7. The minimum absolute atomic E-state index is 0.0642. The van der Waals surface area contributed by atoms with Crippen LogP contribution in [0.4, 0.5) is 0 Å². The third kappa shape index (κ3) is 8.62. The summed E-state index contributed by atoms with van der Waals surface area (Å²) in [6.07, 6.45) is 0. The van der Waals surface area contributed by atoms with E-state index in [1.807, 2.05) is 41.5 Å². The van der Waals surface area contributed by atoms with Crippen LogP contribution >= 0.6 is 0 Å². The predicted octanol–water partition coefficient (Wildman–Crippen LogP) is 2.14. The average molecular weight is 229 g/mol. The van der Waals surface area contributed by atoms with Crippen molar-refractivity contribution in [3.63, 3.8) is 0 Å². The Balaban J connectivity index is 0. The number of nitrogens with two attached hydrogens (primary N) is 1. The van der Waals surface area contributed by atoms with Gasteiger partial charge in [0.1, 0.15) is 0 Å². The fraction of sp³-hybridized carbons (Fsp3) is 0.769. The molecule has 0 atom stereocenters. The van der Waals surface area contributed by atoms with Gasteiger partial charge < -0.3 is 10.8 Å². The number of hydrogen-bond acceptors (Lipinski definition) is 3. The second-order valence-corrected chi connectivity index (χ2v) is 5.89. The lowest BCUT2D eigenvalue weighted by atomic mass is 9.88. The van der Waals surface area contributed by atoms with E-state index in [9.17, 15) is 4.79 Å². The summed E-state index contributed by atoms with van der Waals surface area (Å²) in [6.45, 7) is 15.6. The van der Waals surface area contributed by atoms with Crippen LogP contribution in [-0.2, 0) is 4.79 Å². The zero-order chi connectivity index (χ0) is 13.6. The molecule has 3 nitrogen and oxygen atoms in total. The summed E-state index contributed by atoms with van der Waals surface area (Å²) < 4.78 is 0. The molecular weight excluding hydrogens is 202 g/mol. The van der Waals surface area contributed by atoms with Crippen molar-refractivity contribution in [2.24, 2.45) is 16.6 Å². The van der Waals surface area contributed by atoms with Gasteiger partial charge in [0.25, 0.3) is 0 Å². The van der Waals surface area contributed by atoms with Crippen molar-refractivity contribution in [1.29, 1.82) is 0 Å². The molecule has 0 aliphatic carbocycles. The Morgan fingerprint density at radius 2 is 1.50 bits per heavy atom. The first-order valence-corrected chi connectivity index (χ1v) is 5.49. The highest BCUT2D eigenvalue weighted by Crippen LogP contribution is 2.21. The van der Waals surface area contributed by atoms with Crippen LogP contribution in [0.25, 0.3) is 0 Å². The summed E-state index contributed by atoms with van der Waals surface area (Å²) in [5, 5.41) is 8.57. The Kier molecular flexibility index (Phi) is 7.55. The monoisotopic (exact) mass is 229 g/mol. The van der Waals surface area contributed by atoms with Gasteiger partial charge in [-0.1, -0.05) is 48.1 Å². The topological polar surface area (TPSA) is 63.3 Å². The molecule has 3 heteroatoms. The van der Waals surface area contributed by atoms with Crippen LogP contribution < -0.4 is 5.73 Å². The van der Waals surface area contributed by atoms with Gasteiger partial charge in [0.05, 0.1) is 13.2 Å². The number of carbonyl (C=O) groups excluding carboxylic acids is 1. The quantitative estimate of drug-likeness (QED) is 0.713. The largest absolute Gasteiger partial charge is 0.392 e. The average Bonchev–Trinajstić information content (AvgIpc) is 2.13. The van der Waals surface area contributed by atoms with E-state index in [2.05, 4.69) is 6.58 Å². The summed E-state index contributed by atoms with van der Waals surface area (Å²) in [5.41, 5.74) is 5.80. The highest BCUT2D eigenvalue weighted by molar-refractivity contribution is 5.85. The Morgan fingerprint density at radius 1 is 1.12 bits per heavy atom. The molecule has 96 valence electrons. The van der Waals surface area contributed by atoms with Crippen molar-refractivity contribution in [1.82, 2.24) is 0 Å². The minimum Gasteiger partial charge on any atom is -0.392 e. The van der Waals surface area contributed by atoms with Gasteiger partial charge in [0, 0.05) is 5.41 Å². The second kappa shape index (κ2) is 6.81. The fourth-order valence-corrected chi connectivity index (χ4v) is 0.543. The molecule has 0 heterocycles. The normalized spacial score (nSPS) is 11.5. The summed E-state index contributed by atoms with van der Waals surface area (Å²) in [7, 11) is 0. The first-order chi connectivity index (χ1) is 6.96. The first-order valence-electron chi connectivity index (χ1n) is 5.49. The lowest BCUT2D eigenvalue weighted by Gasteiger charge is -2.19. The standard InChI is InChI=1S/C7H14O.C6H13NO/c1-6(5-8)7(2,3)4;1-6(2,3)5(8)4-7/h8H,1,5H2,2-4H3;4,7H2,1-3H3. The minimum atomic E-state index is -0.255. The van der Waals surface area contributed by atoms with Crippen molar-refractivity contribution in [2.45, 2.75) is 41.5 Å². The summed E-state index contributed by atoms with van der Waals surface area (Å²) in [5.74, 6) is 0.109. The summed E-state index contributed by atoms with van der Waals surface area (Å²) in [4.78, 5) is 10.7. The molecule has 0 aromatic heterocycles. The molecule has 3 N–H and O–H groups in total. The molecule has 0 rings (SSSR count). The molecule has 0 aliphatic heterocycles. The zero-order valence-corrected chi connectivity index (χ0v) is 11.6. The van der Waals surface area contributed by atoms with Crippen LogP contribution in [0.5, 0.6) is 0 Å². The van der Waals surface area contributed by atoms with E-state index >= 15 is 0 Å². The van der Waals surface area contributed by atoms with Gasteiger partial charge in [-0.05, 0) is 11.0 Å². The van der Waals surface area contributed by atoms with E-state index in [1.54, 1.807) is 0 Å². The molecule has 0 aromatic carbocycles. The van der Waals surface area contributed by atoms with E-state index in [4.69, 9.17) is 10.8 Å². The van der Waals surface area contributed by atoms with Crippen LogP contribution in [0.3, 0.4) is 0 Å². The van der Waals surface area contributed by atoms with Crippen molar-refractivity contribution in [3.8, 4) is 0 Å². The van der Waals surface area contributed by atoms with Crippen LogP contribution in [0.15, 0.2) is 12.2 Å². The van der Waals surface area contributed by atoms with Crippen LogP contribution in [0.2, 0.25) is 0 Å². The Hall–Kier alpha value is -0.670. The highest BCUT2D eigenvalue weighted by atomic mass is 16.3. The van der Waals surface area contributed by atoms with Gasteiger partial charge in [-0.25, -0.2) is 0 Å². The van der Waals surface area contributed by atoms with Crippen LogP contribution in [0, 0.1) is 10.8 Å². The van der Waals surface area contributed by atoms with Crippen molar-refractivity contribution in [2.75, 3.05) is 13.2 Å². The molecule has 0 bridgehead atoms. The molecule has 16 heavy (non-hydrogen) atoms. The van der Waals surface area contributed by atoms with Gasteiger partial charge in [0.2, 0.25) is 0 Å². The fourth-order valence-electron chi connectivity index (χ4n) is 0.543. The molecule has 0 radical (unpaired) electrons. The van der Waals surface area contributed by atoms with E-state index in [-0.39, 0.29) is 29.8 Å². The molecule has 0 saturated heterocycles. The molecule has 0 amide bonds. The van der Waals surface area contributed by atoms with E-state index < -0.39 is 0 Å². The molecule has 0 spiro atoms.